The maximum absolute atomic E-state index is 10.8. The van der Waals surface area contributed by atoms with E-state index < -0.39 is 0 Å². The van der Waals surface area contributed by atoms with Crippen LogP contribution in [0.15, 0.2) is 46.8 Å². The molecule has 1 aromatic carbocycles. The summed E-state index contributed by atoms with van der Waals surface area (Å²) in [5.74, 6) is 2.71. The Bertz CT molecular complexity index is 699. The number of non-ortho nitro benzene ring substituents is 1. The van der Waals surface area contributed by atoms with E-state index in [1.54, 1.807) is 24.3 Å². The quantitative estimate of drug-likeness (QED) is 0.477. The standard InChI is InChI=1S/C16H16N4O2/c21-20(22)10-6-4-9(5-7-10)19-16-14-8-13(15(16)17-18-19)11-2-1-3-12(11)14/h1,3-7,11-16H,2,8H2/t11-,12-,13+,14-,15-,16-/m0/s1. The van der Waals surface area contributed by atoms with Crippen LogP contribution < -0.4 is 5.01 Å². The fraction of sp³-hybridized carbons (Fsp3) is 0.500. The Labute approximate surface area is 127 Å². The minimum atomic E-state index is -0.371. The molecule has 0 aromatic heterocycles. The number of nitrogens with zero attached hydrogens (tertiary/aromatic N) is 4. The Morgan fingerprint density at radius 2 is 2.00 bits per heavy atom. The zero-order valence-electron chi connectivity index (χ0n) is 11.9. The van der Waals surface area contributed by atoms with Crippen molar-refractivity contribution < 1.29 is 4.92 Å². The van der Waals surface area contributed by atoms with Crippen molar-refractivity contribution >= 4 is 11.4 Å². The molecule has 2 fully saturated rings. The lowest BCUT2D eigenvalue weighted by Crippen LogP contribution is -2.44. The molecule has 3 aliphatic carbocycles. The summed E-state index contributed by atoms with van der Waals surface area (Å²) in [6.07, 6.45) is 7.15. The van der Waals surface area contributed by atoms with Gasteiger partial charge in [-0.25, -0.2) is 5.01 Å². The fourth-order valence-corrected chi connectivity index (χ4v) is 5.13. The maximum atomic E-state index is 10.8. The Morgan fingerprint density at radius 3 is 2.77 bits per heavy atom. The van der Waals surface area contributed by atoms with Crippen molar-refractivity contribution in [1.82, 2.24) is 0 Å². The highest BCUT2D eigenvalue weighted by Crippen LogP contribution is 2.60. The van der Waals surface area contributed by atoms with Crippen LogP contribution in [0, 0.1) is 33.8 Å². The molecular weight excluding hydrogens is 280 g/mol. The van der Waals surface area contributed by atoms with Crippen LogP contribution in [0.25, 0.3) is 0 Å². The Kier molecular flexibility index (Phi) is 2.32. The molecule has 0 N–H and O–H groups in total. The lowest BCUT2D eigenvalue weighted by molar-refractivity contribution is -0.384. The zero-order chi connectivity index (χ0) is 14.8. The van der Waals surface area contributed by atoms with Crippen LogP contribution >= 0.6 is 0 Å². The molecule has 112 valence electrons. The van der Waals surface area contributed by atoms with Crippen molar-refractivity contribution in [2.45, 2.75) is 24.9 Å². The smallest absolute Gasteiger partial charge is 0.258 e. The molecule has 22 heavy (non-hydrogen) atoms. The third kappa shape index (κ3) is 1.44. The lowest BCUT2D eigenvalue weighted by Gasteiger charge is -2.35. The number of hydrogen-bond acceptors (Lipinski definition) is 5. The van der Waals surface area contributed by atoms with Gasteiger partial charge < -0.3 is 0 Å². The number of benzene rings is 1. The van der Waals surface area contributed by atoms with Crippen LogP contribution in [0.1, 0.15) is 12.8 Å². The van der Waals surface area contributed by atoms with Crippen molar-refractivity contribution in [3.05, 3.63) is 46.5 Å². The minimum Gasteiger partial charge on any atom is -0.258 e. The maximum Gasteiger partial charge on any atom is 0.269 e. The molecule has 1 aliphatic heterocycles. The number of rotatable bonds is 2. The molecule has 0 unspecified atom stereocenters. The highest BCUT2D eigenvalue weighted by molar-refractivity contribution is 5.52. The van der Waals surface area contributed by atoms with Gasteiger partial charge in [0.15, 0.2) is 0 Å². The van der Waals surface area contributed by atoms with Crippen LogP contribution in [-0.2, 0) is 0 Å². The predicted molar refractivity (Wildman–Crippen MR) is 80.3 cm³/mol. The number of nitro groups is 1. The number of anilines is 1. The molecule has 2 saturated carbocycles. The summed E-state index contributed by atoms with van der Waals surface area (Å²) in [4.78, 5) is 10.4. The second-order valence-corrected chi connectivity index (χ2v) is 6.77. The number of nitro benzene ring substituents is 1. The van der Waals surface area contributed by atoms with Gasteiger partial charge in [-0.05, 0) is 48.6 Å². The molecule has 6 nitrogen and oxygen atoms in total. The molecule has 1 heterocycles. The van der Waals surface area contributed by atoms with E-state index >= 15 is 0 Å². The molecule has 6 heteroatoms. The summed E-state index contributed by atoms with van der Waals surface area (Å²) in [6.45, 7) is 0. The highest BCUT2D eigenvalue weighted by Gasteiger charge is 2.61. The van der Waals surface area contributed by atoms with Gasteiger partial charge in [-0.15, -0.1) is 0 Å². The fourth-order valence-electron chi connectivity index (χ4n) is 5.13. The van der Waals surface area contributed by atoms with Gasteiger partial charge in [-0.2, -0.15) is 5.11 Å². The molecule has 0 spiro atoms. The second-order valence-electron chi connectivity index (χ2n) is 6.77. The molecule has 0 radical (unpaired) electrons. The van der Waals surface area contributed by atoms with E-state index in [0.29, 0.717) is 29.8 Å². The van der Waals surface area contributed by atoms with Crippen molar-refractivity contribution in [2.24, 2.45) is 34.0 Å². The summed E-state index contributed by atoms with van der Waals surface area (Å²) in [7, 11) is 0. The molecular formula is C16H16N4O2. The van der Waals surface area contributed by atoms with Crippen molar-refractivity contribution in [2.75, 3.05) is 5.01 Å². The Balaban J connectivity index is 1.46. The predicted octanol–water partition coefficient (Wildman–Crippen LogP) is 3.36. The van der Waals surface area contributed by atoms with E-state index in [1.807, 2.05) is 5.01 Å². The minimum absolute atomic E-state index is 0.114. The monoisotopic (exact) mass is 296 g/mol. The average Bonchev–Trinajstić information content (AvgIpc) is 3.25. The van der Waals surface area contributed by atoms with Gasteiger partial charge in [0.1, 0.15) is 0 Å². The van der Waals surface area contributed by atoms with Gasteiger partial charge >= 0.3 is 0 Å². The third-order valence-corrected chi connectivity index (χ3v) is 5.97. The van der Waals surface area contributed by atoms with Gasteiger partial charge in [0.25, 0.3) is 5.69 Å². The van der Waals surface area contributed by atoms with Crippen LogP contribution in [-0.4, -0.2) is 17.0 Å². The summed E-state index contributed by atoms with van der Waals surface area (Å²) < 4.78 is 0. The Morgan fingerprint density at radius 1 is 1.18 bits per heavy atom. The van der Waals surface area contributed by atoms with Crippen molar-refractivity contribution in [1.29, 1.82) is 0 Å². The van der Waals surface area contributed by atoms with Crippen LogP contribution in [0.4, 0.5) is 11.4 Å². The van der Waals surface area contributed by atoms with Gasteiger partial charge in [0, 0.05) is 12.1 Å². The van der Waals surface area contributed by atoms with Crippen LogP contribution in [0.3, 0.4) is 0 Å². The third-order valence-electron chi connectivity index (χ3n) is 5.97. The zero-order valence-corrected chi connectivity index (χ0v) is 11.9. The molecule has 5 rings (SSSR count). The number of fused-ring (bicyclic) bond motifs is 8. The lowest BCUT2D eigenvalue weighted by atomic mass is 9.76. The van der Waals surface area contributed by atoms with E-state index in [1.165, 1.54) is 12.8 Å². The number of allylic oxidation sites excluding steroid dienone is 2. The first-order valence-corrected chi connectivity index (χ1v) is 7.85. The molecule has 0 amide bonds. The van der Waals surface area contributed by atoms with E-state index in [0.717, 1.165) is 11.6 Å². The summed E-state index contributed by atoms with van der Waals surface area (Å²) in [5, 5.41) is 21.7. The van der Waals surface area contributed by atoms with E-state index in [2.05, 4.69) is 22.5 Å². The van der Waals surface area contributed by atoms with E-state index in [9.17, 15) is 10.1 Å². The molecule has 6 atom stereocenters. The molecule has 4 aliphatic rings. The van der Waals surface area contributed by atoms with Crippen molar-refractivity contribution in [3.63, 3.8) is 0 Å². The van der Waals surface area contributed by atoms with Gasteiger partial charge in [-0.3, -0.25) is 10.1 Å². The average molecular weight is 296 g/mol. The van der Waals surface area contributed by atoms with Crippen LogP contribution in [0.5, 0.6) is 0 Å². The number of hydrogen-bond donors (Lipinski definition) is 0. The van der Waals surface area contributed by atoms with Gasteiger partial charge in [-0.1, -0.05) is 17.4 Å². The van der Waals surface area contributed by atoms with Crippen molar-refractivity contribution in [3.8, 4) is 0 Å². The summed E-state index contributed by atoms with van der Waals surface area (Å²) in [5.41, 5.74) is 1.02. The summed E-state index contributed by atoms with van der Waals surface area (Å²) >= 11 is 0. The Hall–Kier alpha value is -2.24. The second kappa shape index (κ2) is 4.15. The van der Waals surface area contributed by atoms with Gasteiger partial charge in [0.2, 0.25) is 0 Å². The van der Waals surface area contributed by atoms with Gasteiger partial charge in [0.05, 0.1) is 22.7 Å². The van der Waals surface area contributed by atoms with E-state index in [4.69, 9.17) is 0 Å². The first-order chi connectivity index (χ1) is 10.7. The molecule has 2 bridgehead atoms. The first-order valence-electron chi connectivity index (χ1n) is 7.85. The SMILES string of the molecule is O=[N+]([O-])c1ccc(N2N=N[C@H]3[C@@H]4C[C@@H]([C@H]5C=CC[C@@H]54)[C@@H]32)cc1. The molecule has 0 saturated heterocycles. The largest absolute Gasteiger partial charge is 0.269 e. The van der Waals surface area contributed by atoms with Crippen LogP contribution in [0.2, 0.25) is 0 Å². The molecule has 1 aromatic rings. The normalized spacial score (nSPS) is 40.3. The highest BCUT2D eigenvalue weighted by atomic mass is 16.6. The topological polar surface area (TPSA) is 71.1 Å². The van der Waals surface area contributed by atoms with E-state index in [-0.39, 0.29) is 10.6 Å². The summed E-state index contributed by atoms with van der Waals surface area (Å²) in [6, 6.07) is 7.30. The first kappa shape index (κ1) is 12.3.